The Kier molecular flexibility index (Phi) is 5.86. The number of anilines is 2. The fourth-order valence-electron chi connectivity index (χ4n) is 3.76. The van der Waals surface area contributed by atoms with Crippen molar-refractivity contribution in [1.29, 1.82) is 0 Å². The molecule has 4 rings (SSSR count). The van der Waals surface area contributed by atoms with Gasteiger partial charge in [0.05, 0.1) is 23.8 Å². The number of aromatic nitrogens is 1. The van der Waals surface area contributed by atoms with Crippen molar-refractivity contribution >= 4 is 46.0 Å². The quantitative estimate of drug-likeness (QED) is 0.446. The molecule has 1 aliphatic rings. The third kappa shape index (κ3) is 4.29. The van der Waals surface area contributed by atoms with Crippen LogP contribution in [-0.2, 0) is 19.7 Å². The van der Waals surface area contributed by atoms with Gasteiger partial charge in [-0.15, -0.1) is 11.3 Å². The fraction of sp³-hybridized carbons (Fsp3) is 0.200. The summed E-state index contributed by atoms with van der Waals surface area (Å²) in [7, 11) is 3.11. The zero-order valence-electron chi connectivity index (χ0n) is 18.7. The summed E-state index contributed by atoms with van der Waals surface area (Å²) in [5.41, 5.74) is 4.13. The van der Waals surface area contributed by atoms with Crippen LogP contribution in [0.1, 0.15) is 35.3 Å². The summed E-state index contributed by atoms with van der Waals surface area (Å²) < 4.78 is 4.67. The van der Waals surface area contributed by atoms with Crippen LogP contribution < -0.4 is 10.2 Å². The van der Waals surface area contributed by atoms with E-state index in [0.717, 1.165) is 28.1 Å². The molecule has 0 radical (unpaired) electrons. The minimum Gasteiger partial charge on any atom is -0.465 e. The zero-order valence-corrected chi connectivity index (χ0v) is 19.5. The maximum atomic E-state index is 12.5. The van der Waals surface area contributed by atoms with E-state index in [1.165, 1.54) is 24.5 Å². The highest BCUT2D eigenvalue weighted by Gasteiger charge is 2.42. The molecule has 33 heavy (non-hydrogen) atoms. The molecule has 8 heteroatoms. The molecule has 1 aromatic heterocycles. The summed E-state index contributed by atoms with van der Waals surface area (Å²) in [4.78, 5) is 42.5. The van der Waals surface area contributed by atoms with E-state index in [0.29, 0.717) is 10.7 Å². The molecule has 0 aliphatic carbocycles. The molecular weight excluding hydrogens is 438 g/mol. The van der Waals surface area contributed by atoms with E-state index in [-0.39, 0.29) is 11.8 Å². The Labute approximate surface area is 195 Å². The van der Waals surface area contributed by atoms with Gasteiger partial charge < -0.3 is 9.64 Å². The minimum absolute atomic E-state index is 0.0626. The monoisotopic (exact) mass is 461 g/mol. The Morgan fingerprint density at radius 2 is 1.88 bits per heavy atom. The number of carbonyl (C=O) groups excluding carboxylic acids is 3. The number of fused-ring (bicyclic) bond motifs is 1. The minimum atomic E-state index is -0.590. The first-order valence-electron chi connectivity index (χ1n) is 10.3. The first-order chi connectivity index (χ1) is 15.7. The van der Waals surface area contributed by atoms with Crippen molar-refractivity contribution in [1.82, 2.24) is 4.98 Å². The number of hydrogen-bond acceptors (Lipinski definition) is 6. The van der Waals surface area contributed by atoms with Crippen LogP contribution in [0.4, 0.5) is 10.8 Å². The number of rotatable bonds is 5. The normalized spacial score (nSPS) is 14.4. The number of nitrogens with one attached hydrogen (secondary N) is 1. The van der Waals surface area contributed by atoms with Crippen molar-refractivity contribution in [3.05, 3.63) is 70.6 Å². The van der Waals surface area contributed by atoms with E-state index in [1.807, 2.05) is 37.4 Å². The summed E-state index contributed by atoms with van der Waals surface area (Å²) in [6.45, 7) is 3.84. The molecule has 0 fully saturated rings. The molecule has 0 saturated carbocycles. The van der Waals surface area contributed by atoms with E-state index in [2.05, 4.69) is 15.0 Å². The van der Waals surface area contributed by atoms with Crippen LogP contribution in [0, 0.1) is 0 Å². The molecular formula is C25H23N3O4S. The number of methoxy groups -OCH3 is 1. The number of carbonyl (C=O) groups is 3. The third-order valence-electron chi connectivity index (χ3n) is 5.66. The number of likely N-dealkylation sites (N-methyl/N-ethyl adjacent to an activating group) is 1. The van der Waals surface area contributed by atoms with Crippen molar-refractivity contribution in [2.24, 2.45) is 0 Å². The van der Waals surface area contributed by atoms with Gasteiger partial charge in [0.2, 0.25) is 11.8 Å². The largest absolute Gasteiger partial charge is 0.465 e. The summed E-state index contributed by atoms with van der Waals surface area (Å²) in [6, 6.07) is 12.6. The first-order valence-corrected chi connectivity index (χ1v) is 11.1. The summed E-state index contributed by atoms with van der Waals surface area (Å²) >= 11 is 1.33. The number of nitrogens with zero attached hydrogens (tertiary/aromatic N) is 2. The van der Waals surface area contributed by atoms with Crippen LogP contribution in [-0.4, -0.2) is 36.9 Å². The summed E-state index contributed by atoms with van der Waals surface area (Å²) in [6.07, 6.45) is 3.06. The molecule has 0 spiro atoms. The molecule has 2 amide bonds. The van der Waals surface area contributed by atoms with Crippen LogP contribution >= 0.6 is 11.3 Å². The van der Waals surface area contributed by atoms with E-state index >= 15 is 0 Å². The first kappa shape index (κ1) is 22.4. The second-order valence-electron chi connectivity index (χ2n) is 8.20. The van der Waals surface area contributed by atoms with Crippen LogP contribution in [0.3, 0.4) is 0 Å². The maximum absolute atomic E-state index is 12.5. The Morgan fingerprint density at radius 3 is 2.58 bits per heavy atom. The smallest absolute Gasteiger partial charge is 0.337 e. The van der Waals surface area contributed by atoms with Crippen molar-refractivity contribution in [3.8, 4) is 11.3 Å². The number of benzene rings is 2. The van der Waals surface area contributed by atoms with Crippen molar-refractivity contribution in [2.75, 3.05) is 24.4 Å². The molecule has 3 aromatic rings. The molecule has 0 saturated heterocycles. The Balaban J connectivity index is 1.45. The van der Waals surface area contributed by atoms with Gasteiger partial charge in [-0.2, -0.15) is 0 Å². The van der Waals surface area contributed by atoms with Crippen LogP contribution in [0.25, 0.3) is 17.3 Å². The Bertz CT molecular complexity index is 1280. The lowest BCUT2D eigenvalue weighted by molar-refractivity contribution is -0.121. The molecule has 168 valence electrons. The second-order valence-corrected chi connectivity index (χ2v) is 9.05. The van der Waals surface area contributed by atoms with Crippen LogP contribution in [0.2, 0.25) is 0 Å². The summed E-state index contributed by atoms with van der Waals surface area (Å²) in [5.74, 6) is -0.656. The highest BCUT2D eigenvalue weighted by Crippen LogP contribution is 2.42. The van der Waals surface area contributed by atoms with E-state index in [4.69, 9.17) is 0 Å². The number of esters is 1. The number of thiazole rings is 1. The Hall–Kier alpha value is -3.78. The maximum Gasteiger partial charge on any atom is 0.337 e. The van der Waals surface area contributed by atoms with Gasteiger partial charge in [-0.25, -0.2) is 9.78 Å². The summed E-state index contributed by atoms with van der Waals surface area (Å²) in [5, 5.41) is 5.12. The predicted octanol–water partition coefficient (Wildman–Crippen LogP) is 4.50. The van der Waals surface area contributed by atoms with Gasteiger partial charge >= 0.3 is 5.97 Å². The zero-order chi connectivity index (χ0) is 23.8. The van der Waals surface area contributed by atoms with Gasteiger partial charge in [0.1, 0.15) is 0 Å². The number of amides is 2. The molecule has 7 nitrogen and oxygen atoms in total. The molecule has 1 aliphatic heterocycles. The van der Waals surface area contributed by atoms with Crippen molar-refractivity contribution in [3.63, 3.8) is 0 Å². The molecule has 0 bridgehead atoms. The second kappa shape index (κ2) is 8.63. The van der Waals surface area contributed by atoms with Gasteiger partial charge in [-0.05, 0) is 55.3 Å². The lowest BCUT2D eigenvalue weighted by Gasteiger charge is -2.16. The molecule has 2 aromatic carbocycles. The van der Waals surface area contributed by atoms with E-state index < -0.39 is 11.4 Å². The molecule has 0 unspecified atom stereocenters. The lowest BCUT2D eigenvalue weighted by Crippen LogP contribution is -2.33. The number of ether oxygens (including phenoxy) is 1. The van der Waals surface area contributed by atoms with Crippen molar-refractivity contribution in [2.45, 2.75) is 19.3 Å². The standard InChI is InChI=1S/C25H23N3O4S/c1-25(2)18-13-17(10-11-20(18)28(3)23(25)31)19-14-33-24(26-19)27-21(29)12-7-15-5-8-16(9-6-15)22(30)32-4/h5-14H,1-4H3,(H,26,27,29)/b12-7+. The van der Waals surface area contributed by atoms with Gasteiger partial charge in [0.15, 0.2) is 5.13 Å². The predicted molar refractivity (Wildman–Crippen MR) is 129 cm³/mol. The number of hydrogen-bond donors (Lipinski definition) is 1. The van der Waals surface area contributed by atoms with Gasteiger partial charge in [0.25, 0.3) is 0 Å². The average Bonchev–Trinajstić information content (AvgIpc) is 3.35. The highest BCUT2D eigenvalue weighted by atomic mass is 32.1. The fourth-order valence-corrected chi connectivity index (χ4v) is 4.49. The van der Waals surface area contributed by atoms with Crippen LogP contribution in [0.15, 0.2) is 53.9 Å². The van der Waals surface area contributed by atoms with Crippen molar-refractivity contribution < 1.29 is 19.1 Å². The van der Waals surface area contributed by atoms with Crippen LogP contribution in [0.5, 0.6) is 0 Å². The van der Waals surface area contributed by atoms with Gasteiger partial charge in [-0.1, -0.05) is 18.2 Å². The molecule has 2 heterocycles. The molecule has 0 atom stereocenters. The topological polar surface area (TPSA) is 88.6 Å². The molecule has 1 N–H and O–H groups in total. The highest BCUT2D eigenvalue weighted by molar-refractivity contribution is 7.14. The van der Waals surface area contributed by atoms with E-state index in [9.17, 15) is 14.4 Å². The average molecular weight is 462 g/mol. The van der Waals surface area contributed by atoms with E-state index in [1.54, 1.807) is 42.3 Å². The lowest BCUT2D eigenvalue weighted by atomic mass is 9.85. The SMILES string of the molecule is COC(=O)c1ccc(/C=C/C(=O)Nc2nc(-c3ccc4c(c3)C(C)(C)C(=O)N4C)cs2)cc1. The third-order valence-corrected chi connectivity index (χ3v) is 6.42. The van der Waals surface area contributed by atoms with Gasteiger partial charge in [-0.3, -0.25) is 14.9 Å². The van der Waals surface area contributed by atoms with Gasteiger partial charge in [0, 0.05) is 29.8 Å². The Morgan fingerprint density at radius 1 is 1.15 bits per heavy atom.